The summed E-state index contributed by atoms with van der Waals surface area (Å²) in [5.41, 5.74) is 0. The molecular formula is C7H13NO2. The van der Waals surface area contributed by atoms with E-state index >= 15 is 0 Å². The molecule has 0 aliphatic heterocycles. The first-order valence-electron chi connectivity index (χ1n) is 3.49. The molecule has 1 rings (SSSR count). The Labute approximate surface area is 60.6 Å². The van der Waals surface area contributed by atoms with Crippen molar-refractivity contribution in [2.24, 2.45) is 11.8 Å². The summed E-state index contributed by atoms with van der Waals surface area (Å²) in [7, 11) is 3.94. The first-order valence-corrected chi connectivity index (χ1v) is 3.49. The molecule has 0 amide bonds. The smallest absolute Gasteiger partial charge is 0.306 e. The lowest BCUT2D eigenvalue weighted by molar-refractivity contribution is -0.138. The maximum Gasteiger partial charge on any atom is 0.306 e. The Kier molecular flexibility index (Phi) is 1.94. The van der Waals surface area contributed by atoms with Crippen LogP contribution in [0.2, 0.25) is 0 Å². The third-order valence-electron chi connectivity index (χ3n) is 1.84. The number of carboxylic acid groups (broad SMARTS) is 1. The highest BCUT2D eigenvalue weighted by molar-refractivity contribution is 5.73. The summed E-state index contributed by atoms with van der Waals surface area (Å²) in [5, 5.41) is 8.52. The van der Waals surface area contributed by atoms with Gasteiger partial charge in [0.05, 0.1) is 5.92 Å². The van der Waals surface area contributed by atoms with Crippen LogP contribution in [0.3, 0.4) is 0 Å². The number of rotatable bonds is 3. The summed E-state index contributed by atoms with van der Waals surface area (Å²) in [6.07, 6.45) is 0.869. The molecule has 0 aromatic rings. The Morgan fingerprint density at radius 1 is 1.70 bits per heavy atom. The van der Waals surface area contributed by atoms with Gasteiger partial charge in [-0.2, -0.15) is 0 Å². The quantitative estimate of drug-likeness (QED) is 0.616. The van der Waals surface area contributed by atoms with Gasteiger partial charge in [0, 0.05) is 6.54 Å². The highest BCUT2D eigenvalue weighted by atomic mass is 16.4. The zero-order valence-electron chi connectivity index (χ0n) is 6.37. The van der Waals surface area contributed by atoms with E-state index in [2.05, 4.69) is 0 Å². The van der Waals surface area contributed by atoms with E-state index in [-0.39, 0.29) is 5.92 Å². The molecule has 1 fully saturated rings. The van der Waals surface area contributed by atoms with Crippen molar-refractivity contribution in [1.29, 1.82) is 0 Å². The summed E-state index contributed by atoms with van der Waals surface area (Å²) in [4.78, 5) is 12.4. The van der Waals surface area contributed by atoms with E-state index in [4.69, 9.17) is 5.11 Å². The lowest BCUT2D eigenvalue weighted by atomic mass is 10.3. The zero-order valence-corrected chi connectivity index (χ0v) is 6.37. The van der Waals surface area contributed by atoms with E-state index in [1.54, 1.807) is 0 Å². The normalized spacial score (nSPS) is 30.7. The number of hydrogen-bond donors (Lipinski definition) is 1. The molecule has 0 saturated heterocycles. The molecule has 2 unspecified atom stereocenters. The van der Waals surface area contributed by atoms with Crippen molar-refractivity contribution in [2.75, 3.05) is 20.6 Å². The molecule has 0 spiro atoms. The number of aliphatic carboxylic acids is 1. The van der Waals surface area contributed by atoms with Crippen LogP contribution in [0.4, 0.5) is 0 Å². The van der Waals surface area contributed by atoms with Gasteiger partial charge in [-0.3, -0.25) is 4.79 Å². The molecule has 1 N–H and O–H groups in total. The molecule has 0 bridgehead atoms. The van der Waals surface area contributed by atoms with Crippen molar-refractivity contribution in [3.05, 3.63) is 0 Å². The first kappa shape index (κ1) is 7.54. The SMILES string of the molecule is CN(C)CC1CC1C(=O)O. The molecule has 0 aromatic carbocycles. The molecule has 3 nitrogen and oxygen atoms in total. The van der Waals surface area contributed by atoms with Gasteiger partial charge in [0.2, 0.25) is 0 Å². The average Bonchev–Trinajstić information content (AvgIpc) is 2.43. The Bertz CT molecular complexity index is 145. The largest absolute Gasteiger partial charge is 0.481 e. The van der Waals surface area contributed by atoms with Gasteiger partial charge in [0.15, 0.2) is 0 Å². The minimum absolute atomic E-state index is 0.0533. The van der Waals surface area contributed by atoms with Crippen LogP contribution < -0.4 is 0 Å². The van der Waals surface area contributed by atoms with Gasteiger partial charge in [0.1, 0.15) is 0 Å². The van der Waals surface area contributed by atoms with Crippen molar-refractivity contribution in [1.82, 2.24) is 4.90 Å². The van der Waals surface area contributed by atoms with Crippen LogP contribution in [0, 0.1) is 11.8 Å². The molecular weight excluding hydrogens is 130 g/mol. The van der Waals surface area contributed by atoms with Gasteiger partial charge in [-0.1, -0.05) is 0 Å². The van der Waals surface area contributed by atoms with Crippen LogP contribution in [0.1, 0.15) is 6.42 Å². The predicted octanol–water partition coefficient (Wildman–Crippen LogP) is 0.269. The van der Waals surface area contributed by atoms with Gasteiger partial charge in [-0.05, 0) is 26.4 Å². The number of carboxylic acids is 1. The second-order valence-corrected chi connectivity index (χ2v) is 3.20. The van der Waals surface area contributed by atoms with Crippen molar-refractivity contribution < 1.29 is 9.90 Å². The van der Waals surface area contributed by atoms with Gasteiger partial charge < -0.3 is 10.0 Å². The predicted molar refractivity (Wildman–Crippen MR) is 37.8 cm³/mol. The Hall–Kier alpha value is -0.570. The van der Waals surface area contributed by atoms with Gasteiger partial charge >= 0.3 is 5.97 Å². The van der Waals surface area contributed by atoms with E-state index in [0.29, 0.717) is 5.92 Å². The second-order valence-electron chi connectivity index (χ2n) is 3.20. The van der Waals surface area contributed by atoms with Crippen LogP contribution in [0.25, 0.3) is 0 Å². The number of nitrogens with zero attached hydrogens (tertiary/aromatic N) is 1. The van der Waals surface area contributed by atoms with E-state index in [1.165, 1.54) is 0 Å². The summed E-state index contributed by atoms with van der Waals surface area (Å²) < 4.78 is 0. The monoisotopic (exact) mass is 143 g/mol. The maximum absolute atomic E-state index is 10.3. The molecule has 0 heterocycles. The zero-order chi connectivity index (χ0) is 7.72. The summed E-state index contributed by atoms with van der Waals surface area (Å²) in [6, 6.07) is 0. The molecule has 0 aromatic heterocycles. The van der Waals surface area contributed by atoms with E-state index < -0.39 is 5.97 Å². The van der Waals surface area contributed by atoms with Crippen molar-refractivity contribution >= 4 is 5.97 Å². The summed E-state index contributed by atoms with van der Waals surface area (Å²) in [5.74, 6) is -0.276. The molecule has 2 atom stereocenters. The number of hydrogen-bond acceptors (Lipinski definition) is 2. The molecule has 1 aliphatic carbocycles. The lowest BCUT2D eigenvalue weighted by Gasteiger charge is -2.06. The van der Waals surface area contributed by atoms with Crippen LogP contribution in [-0.2, 0) is 4.79 Å². The Morgan fingerprint density at radius 2 is 2.30 bits per heavy atom. The molecule has 3 heteroatoms. The Morgan fingerprint density at radius 3 is 2.60 bits per heavy atom. The van der Waals surface area contributed by atoms with Crippen LogP contribution in [0.5, 0.6) is 0 Å². The standard InChI is InChI=1S/C7H13NO2/c1-8(2)4-5-3-6(5)7(9)10/h5-6H,3-4H2,1-2H3,(H,9,10). The van der Waals surface area contributed by atoms with E-state index in [9.17, 15) is 4.79 Å². The van der Waals surface area contributed by atoms with Gasteiger partial charge in [-0.25, -0.2) is 0 Å². The summed E-state index contributed by atoms with van der Waals surface area (Å²) in [6.45, 7) is 0.914. The Balaban J connectivity index is 2.20. The topological polar surface area (TPSA) is 40.5 Å². The van der Waals surface area contributed by atoms with Crippen molar-refractivity contribution in [3.8, 4) is 0 Å². The number of carbonyl (C=O) groups is 1. The average molecular weight is 143 g/mol. The fraction of sp³-hybridized carbons (Fsp3) is 0.857. The fourth-order valence-electron chi connectivity index (χ4n) is 1.22. The summed E-state index contributed by atoms with van der Waals surface area (Å²) >= 11 is 0. The molecule has 10 heavy (non-hydrogen) atoms. The lowest BCUT2D eigenvalue weighted by Crippen LogP contribution is -2.16. The molecule has 0 radical (unpaired) electrons. The van der Waals surface area contributed by atoms with Crippen LogP contribution in [-0.4, -0.2) is 36.6 Å². The minimum atomic E-state index is -0.633. The third-order valence-corrected chi connectivity index (χ3v) is 1.84. The van der Waals surface area contributed by atoms with Gasteiger partial charge in [0.25, 0.3) is 0 Å². The highest BCUT2D eigenvalue weighted by Crippen LogP contribution is 2.38. The molecule has 1 saturated carbocycles. The third kappa shape index (κ3) is 1.70. The minimum Gasteiger partial charge on any atom is -0.481 e. The maximum atomic E-state index is 10.3. The van der Waals surface area contributed by atoms with Crippen molar-refractivity contribution in [2.45, 2.75) is 6.42 Å². The van der Waals surface area contributed by atoms with Crippen molar-refractivity contribution in [3.63, 3.8) is 0 Å². The van der Waals surface area contributed by atoms with Gasteiger partial charge in [-0.15, -0.1) is 0 Å². The van der Waals surface area contributed by atoms with Crippen LogP contribution >= 0.6 is 0 Å². The van der Waals surface area contributed by atoms with E-state index in [0.717, 1.165) is 13.0 Å². The highest BCUT2D eigenvalue weighted by Gasteiger charge is 2.42. The first-order chi connectivity index (χ1) is 4.61. The second kappa shape index (κ2) is 2.58. The van der Waals surface area contributed by atoms with Crippen LogP contribution in [0.15, 0.2) is 0 Å². The van der Waals surface area contributed by atoms with E-state index in [1.807, 2.05) is 19.0 Å². The fourth-order valence-corrected chi connectivity index (χ4v) is 1.22. The molecule has 1 aliphatic rings. The molecule has 58 valence electrons.